The first-order valence-corrected chi connectivity index (χ1v) is 5.05. The second-order valence-corrected chi connectivity index (χ2v) is 4.01. The zero-order valence-corrected chi connectivity index (χ0v) is 7.50. The van der Waals surface area contributed by atoms with Crippen LogP contribution < -0.4 is 0 Å². The van der Waals surface area contributed by atoms with Crippen molar-refractivity contribution in [3.05, 3.63) is 0 Å². The highest BCUT2D eigenvalue weighted by atomic mass is 15.2. The molecular formula is C10H16N2. The molecule has 0 radical (unpaired) electrons. The van der Waals surface area contributed by atoms with Crippen LogP contribution in [0.3, 0.4) is 0 Å². The van der Waals surface area contributed by atoms with E-state index in [1.165, 1.54) is 32.1 Å². The molecule has 1 aliphatic heterocycles. The molecule has 2 nitrogen and oxygen atoms in total. The molecule has 2 heteroatoms. The van der Waals surface area contributed by atoms with Crippen molar-refractivity contribution in [1.82, 2.24) is 4.90 Å². The van der Waals surface area contributed by atoms with Crippen LogP contribution in [0, 0.1) is 17.2 Å². The third kappa shape index (κ3) is 1.34. The molecule has 1 aliphatic carbocycles. The van der Waals surface area contributed by atoms with Gasteiger partial charge in [0.1, 0.15) is 6.04 Å². The number of rotatable bonds is 2. The van der Waals surface area contributed by atoms with Gasteiger partial charge >= 0.3 is 0 Å². The maximum absolute atomic E-state index is 9.03. The van der Waals surface area contributed by atoms with Gasteiger partial charge in [0.05, 0.1) is 6.07 Å². The Bertz CT molecular complexity index is 185. The van der Waals surface area contributed by atoms with Gasteiger partial charge in [0.2, 0.25) is 0 Å². The summed E-state index contributed by atoms with van der Waals surface area (Å²) in [4.78, 5) is 2.38. The van der Waals surface area contributed by atoms with Crippen molar-refractivity contribution in [1.29, 1.82) is 5.26 Å². The van der Waals surface area contributed by atoms with E-state index >= 15 is 0 Å². The number of hydrogen-bond donors (Lipinski definition) is 0. The fourth-order valence-electron chi connectivity index (χ4n) is 2.26. The summed E-state index contributed by atoms with van der Waals surface area (Å²) in [7, 11) is 0. The van der Waals surface area contributed by atoms with Gasteiger partial charge in [0.15, 0.2) is 0 Å². The van der Waals surface area contributed by atoms with Crippen LogP contribution in [-0.2, 0) is 0 Å². The van der Waals surface area contributed by atoms with Crippen LogP contribution in [0.15, 0.2) is 0 Å². The molecule has 1 saturated heterocycles. The molecule has 0 amide bonds. The second-order valence-electron chi connectivity index (χ2n) is 4.01. The zero-order valence-electron chi connectivity index (χ0n) is 7.50. The molecule has 2 fully saturated rings. The minimum atomic E-state index is 0.251. The Kier molecular flexibility index (Phi) is 2.32. The number of hydrogen-bond acceptors (Lipinski definition) is 2. The predicted molar refractivity (Wildman–Crippen MR) is 47.5 cm³/mol. The Morgan fingerprint density at radius 2 is 1.83 bits per heavy atom. The highest BCUT2D eigenvalue weighted by Gasteiger charge is 2.32. The molecule has 0 bridgehead atoms. The van der Waals surface area contributed by atoms with Crippen LogP contribution in [0.25, 0.3) is 0 Å². The molecule has 2 rings (SSSR count). The fourth-order valence-corrected chi connectivity index (χ4v) is 2.26. The lowest BCUT2D eigenvalue weighted by atomic mass is 9.79. The topological polar surface area (TPSA) is 27.0 Å². The first-order chi connectivity index (χ1) is 5.92. The van der Waals surface area contributed by atoms with Gasteiger partial charge < -0.3 is 0 Å². The molecule has 1 unspecified atom stereocenters. The normalized spacial score (nSPS) is 27.9. The molecule has 2 aliphatic rings. The van der Waals surface area contributed by atoms with Crippen LogP contribution in [0.4, 0.5) is 0 Å². The molecule has 12 heavy (non-hydrogen) atoms. The van der Waals surface area contributed by atoms with Crippen LogP contribution >= 0.6 is 0 Å². The average molecular weight is 164 g/mol. The van der Waals surface area contributed by atoms with E-state index in [9.17, 15) is 0 Å². The van der Waals surface area contributed by atoms with E-state index < -0.39 is 0 Å². The second kappa shape index (κ2) is 3.45. The van der Waals surface area contributed by atoms with Crippen molar-refractivity contribution < 1.29 is 0 Å². The lowest BCUT2D eigenvalue weighted by molar-refractivity contribution is 0.156. The van der Waals surface area contributed by atoms with Gasteiger partial charge in [0, 0.05) is 0 Å². The van der Waals surface area contributed by atoms with E-state index in [4.69, 9.17) is 5.26 Å². The zero-order chi connectivity index (χ0) is 8.39. The van der Waals surface area contributed by atoms with Gasteiger partial charge in [-0.25, -0.2) is 0 Å². The molecule has 1 heterocycles. The van der Waals surface area contributed by atoms with E-state index in [0.29, 0.717) is 5.92 Å². The van der Waals surface area contributed by atoms with Crippen molar-refractivity contribution in [2.75, 3.05) is 13.1 Å². The van der Waals surface area contributed by atoms with Gasteiger partial charge in [-0.05, 0) is 44.7 Å². The van der Waals surface area contributed by atoms with Crippen LogP contribution in [-0.4, -0.2) is 24.0 Å². The maximum Gasteiger partial charge on any atom is 0.101 e. The molecule has 0 aromatic carbocycles. The Labute approximate surface area is 74.2 Å². The Hall–Kier alpha value is -0.550. The average Bonchev–Trinajstić information content (AvgIpc) is 2.47. The van der Waals surface area contributed by atoms with E-state index in [0.717, 1.165) is 13.1 Å². The van der Waals surface area contributed by atoms with E-state index in [-0.39, 0.29) is 6.04 Å². The van der Waals surface area contributed by atoms with Crippen LogP contribution in [0.5, 0.6) is 0 Å². The smallest absolute Gasteiger partial charge is 0.101 e. The molecule has 0 spiro atoms. The fraction of sp³-hybridized carbons (Fsp3) is 0.900. The summed E-state index contributed by atoms with van der Waals surface area (Å²) in [6, 6.07) is 2.72. The third-order valence-corrected chi connectivity index (χ3v) is 3.26. The van der Waals surface area contributed by atoms with Gasteiger partial charge in [-0.1, -0.05) is 6.42 Å². The Balaban J connectivity index is 1.92. The quantitative estimate of drug-likeness (QED) is 0.622. The first kappa shape index (κ1) is 8.07. The number of likely N-dealkylation sites (tertiary alicyclic amines) is 1. The van der Waals surface area contributed by atoms with Crippen molar-refractivity contribution in [2.24, 2.45) is 5.92 Å². The summed E-state index contributed by atoms with van der Waals surface area (Å²) in [5.41, 5.74) is 0. The van der Waals surface area contributed by atoms with E-state index in [1.807, 2.05) is 0 Å². The summed E-state index contributed by atoms with van der Waals surface area (Å²) in [6.07, 6.45) is 6.51. The van der Waals surface area contributed by atoms with Gasteiger partial charge in [-0.3, -0.25) is 4.90 Å². The highest BCUT2D eigenvalue weighted by Crippen LogP contribution is 2.33. The summed E-state index contributed by atoms with van der Waals surface area (Å²) < 4.78 is 0. The molecule has 1 saturated carbocycles. The van der Waals surface area contributed by atoms with Gasteiger partial charge in [-0.2, -0.15) is 5.26 Å². The minimum Gasteiger partial charge on any atom is -0.288 e. The first-order valence-electron chi connectivity index (χ1n) is 5.05. The molecule has 66 valence electrons. The standard InChI is InChI=1S/C10H16N2/c11-8-10(9-4-3-5-9)12-6-1-2-7-12/h9-10H,1-7H2. The number of nitriles is 1. The van der Waals surface area contributed by atoms with Gasteiger partial charge in [0.25, 0.3) is 0 Å². The van der Waals surface area contributed by atoms with Crippen molar-refractivity contribution >= 4 is 0 Å². The highest BCUT2D eigenvalue weighted by molar-refractivity contribution is 5.00. The SMILES string of the molecule is N#CC(C1CCC1)N1CCCC1. The molecule has 0 aromatic heterocycles. The molecule has 0 N–H and O–H groups in total. The molecular weight excluding hydrogens is 148 g/mol. The van der Waals surface area contributed by atoms with Crippen LogP contribution in [0.1, 0.15) is 32.1 Å². The third-order valence-electron chi connectivity index (χ3n) is 3.26. The summed E-state index contributed by atoms with van der Waals surface area (Å²) in [5, 5.41) is 9.03. The molecule has 1 atom stereocenters. The monoisotopic (exact) mass is 164 g/mol. The lowest BCUT2D eigenvalue weighted by Crippen LogP contribution is -2.40. The van der Waals surface area contributed by atoms with E-state index in [1.54, 1.807) is 0 Å². The Morgan fingerprint density at radius 3 is 2.25 bits per heavy atom. The summed E-state index contributed by atoms with van der Waals surface area (Å²) in [5.74, 6) is 0.702. The van der Waals surface area contributed by atoms with Gasteiger partial charge in [-0.15, -0.1) is 0 Å². The van der Waals surface area contributed by atoms with Crippen LogP contribution in [0.2, 0.25) is 0 Å². The lowest BCUT2D eigenvalue weighted by Gasteiger charge is -2.34. The minimum absolute atomic E-state index is 0.251. The largest absolute Gasteiger partial charge is 0.288 e. The maximum atomic E-state index is 9.03. The summed E-state index contributed by atoms with van der Waals surface area (Å²) in [6.45, 7) is 2.32. The predicted octanol–water partition coefficient (Wildman–Crippen LogP) is 1.77. The van der Waals surface area contributed by atoms with Crippen molar-refractivity contribution in [2.45, 2.75) is 38.1 Å². The van der Waals surface area contributed by atoms with Crippen molar-refractivity contribution in [3.63, 3.8) is 0 Å². The molecule has 0 aromatic rings. The Morgan fingerprint density at radius 1 is 1.17 bits per heavy atom. The number of nitrogens with zero attached hydrogens (tertiary/aromatic N) is 2. The summed E-state index contributed by atoms with van der Waals surface area (Å²) >= 11 is 0. The van der Waals surface area contributed by atoms with E-state index in [2.05, 4.69) is 11.0 Å². The van der Waals surface area contributed by atoms with Crippen molar-refractivity contribution in [3.8, 4) is 6.07 Å².